The van der Waals surface area contributed by atoms with Crippen LogP contribution in [0, 0.1) is 11.3 Å². The Morgan fingerprint density at radius 2 is 1.91 bits per heavy atom. The van der Waals surface area contributed by atoms with Gasteiger partial charge in [0.15, 0.2) is 0 Å². The molecule has 8 heteroatoms. The van der Waals surface area contributed by atoms with Crippen molar-refractivity contribution in [3.8, 4) is 6.07 Å². The lowest BCUT2D eigenvalue weighted by molar-refractivity contribution is -0.112. The molecule has 0 saturated carbocycles. The molecule has 0 atom stereocenters. The summed E-state index contributed by atoms with van der Waals surface area (Å²) in [6.07, 6.45) is 3.82. The molecule has 0 fully saturated rings. The van der Waals surface area contributed by atoms with Gasteiger partial charge in [0.05, 0.1) is 41.4 Å². The molecule has 0 bridgehead atoms. The largest absolute Gasteiger partial charge is 0.321 e. The van der Waals surface area contributed by atoms with Crippen LogP contribution in [0.4, 0.5) is 5.69 Å². The highest BCUT2D eigenvalue weighted by Gasteiger charge is 2.38. The number of amides is 3. The molecule has 1 heterocycles. The van der Waals surface area contributed by atoms with Crippen LogP contribution in [0.2, 0.25) is 0 Å². The average Bonchev–Trinajstić information content (AvgIpc) is 3.01. The standard InChI is InChI=1S/C24H16ClN3O3S/c25-16-7-8-20(32)18(12-16)22(29)27-19-6-2-5-17-21(19)24(31)28(23(17)30)13-15-4-1-3-14(11-15)9-10-26/h1-7,11-12H,8-9,13H2,(H,27,29). The molecule has 1 aliphatic heterocycles. The Bertz CT molecular complexity index is 1290. The third kappa shape index (κ3) is 4.11. The van der Waals surface area contributed by atoms with Gasteiger partial charge in [0.1, 0.15) is 0 Å². The smallest absolute Gasteiger partial charge is 0.263 e. The normalized spacial score (nSPS) is 15.1. The fraction of sp³-hybridized carbons (Fsp3) is 0.125. The Kier molecular flexibility index (Phi) is 5.99. The second kappa shape index (κ2) is 8.87. The number of nitrogens with zero attached hydrogens (tertiary/aromatic N) is 2. The lowest BCUT2D eigenvalue weighted by Gasteiger charge is -2.15. The maximum absolute atomic E-state index is 13.1. The van der Waals surface area contributed by atoms with Crippen molar-refractivity contribution in [1.82, 2.24) is 4.90 Å². The van der Waals surface area contributed by atoms with Gasteiger partial charge in [0.2, 0.25) is 0 Å². The molecule has 158 valence electrons. The van der Waals surface area contributed by atoms with Gasteiger partial charge in [0.25, 0.3) is 17.7 Å². The molecule has 1 N–H and O–H groups in total. The molecular formula is C24H16ClN3O3S. The van der Waals surface area contributed by atoms with Gasteiger partial charge in [-0.15, -0.1) is 0 Å². The molecule has 2 aliphatic rings. The SMILES string of the molecule is N#CCc1cccc(CN2C(=O)c3cccc(NC(=O)C4=CC(Cl)=CCC4=S)c3C2=O)c1. The summed E-state index contributed by atoms with van der Waals surface area (Å²) in [5.74, 6) is -1.42. The summed E-state index contributed by atoms with van der Waals surface area (Å²) < 4.78 is 0. The van der Waals surface area contributed by atoms with E-state index < -0.39 is 17.7 Å². The first kappa shape index (κ1) is 21.6. The summed E-state index contributed by atoms with van der Waals surface area (Å²) in [7, 11) is 0. The van der Waals surface area contributed by atoms with Crippen molar-refractivity contribution in [2.24, 2.45) is 0 Å². The van der Waals surface area contributed by atoms with E-state index in [1.165, 1.54) is 6.08 Å². The number of hydrogen-bond acceptors (Lipinski definition) is 5. The van der Waals surface area contributed by atoms with Gasteiger partial charge in [-0.25, -0.2) is 0 Å². The van der Waals surface area contributed by atoms with E-state index in [1.807, 2.05) is 6.07 Å². The van der Waals surface area contributed by atoms with Crippen LogP contribution in [-0.4, -0.2) is 27.5 Å². The number of nitrogens with one attached hydrogen (secondary N) is 1. The highest BCUT2D eigenvalue weighted by Crippen LogP contribution is 2.31. The van der Waals surface area contributed by atoms with Crippen LogP contribution in [0.1, 0.15) is 38.3 Å². The molecule has 32 heavy (non-hydrogen) atoms. The van der Waals surface area contributed by atoms with Gasteiger partial charge >= 0.3 is 0 Å². The molecule has 6 nitrogen and oxygen atoms in total. The Morgan fingerprint density at radius 3 is 2.69 bits per heavy atom. The second-order valence-corrected chi connectivity index (χ2v) is 8.24. The first-order valence-corrected chi connectivity index (χ1v) is 10.5. The fourth-order valence-corrected chi connectivity index (χ4v) is 4.07. The van der Waals surface area contributed by atoms with Crippen LogP contribution >= 0.6 is 23.8 Å². The first-order chi connectivity index (χ1) is 15.4. The van der Waals surface area contributed by atoms with Crippen molar-refractivity contribution in [2.75, 3.05) is 5.32 Å². The van der Waals surface area contributed by atoms with Crippen molar-refractivity contribution < 1.29 is 14.4 Å². The van der Waals surface area contributed by atoms with Gasteiger partial charge in [-0.1, -0.05) is 60.2 Å². The topological polar surface area (TPSA) is 90.3 Å². The highest BCUT2D eigenvalue weighted by molar-refractivity contribution is 7.81. The van der Waals surface area contributed by atoms with E-state index in [9.17, 15) is 14.4 Å². The van der Waals surface area contributed by atoms with Crippen molar-refractivity contribution in [3.63, 3.8) is 0 Å². The number of allylic oxidation sites excluding steroid dienone is 3. The van der Waals surface area contributed by atoms with E-state index in [2.05, 4.69) is 11.4 Å². The molecule has 2 aromatic rings. The third-order valence-corrected chi connectivity index (χ3v) is 5.82. The van der Waals surface area contributed by atoms with Crippen LogP contribution in [0.5, 0.6) is 0 Å². The zero-order valence-corrected chi connectivity index (χ0v) is 18.3. The van der Waals surface area contributed by atoms with Crippen LogP contribution in [-0.2, 0) is 17.8 Å². The third-order valence-electron chi connectivity index (χ3n) is 5.17. The second-order valence-electron chi connectivity index (χ2n) is 7.31. The maximum atomic E-state index is 13.1. The van der Waals surface area contributed by atoms with E-state index in [4.69, 9.17) is 29.1 Å². The van der Waals surface area contributed by atoms with E-state index in [0.29, 0.717) is 16.3 Å². The molecule has 3 amide bonds. The molecule has 0 unspecified atom stereocenters. The maximum Gasteiger partial charge on any atom is 0.263 e. The molecular weight excluding hydrogens is 446 g/mol. The number of thiocarbonyl (C=S) groups is 1. The number of rotatable bonds is 5. The van der Waals surface area contributed by atoms with Crippen LogP contribution in [0.25, 0.3) is 0 Å². The zero-order valence-electron chi connectivity index (χ0n) is 16.7. The molecule has 2 aromatic carbocycles. The van der Waals surface area contributed by atoms with Crippen LogP contribution in [0.15, 0.2) is 65.2 Å². The number of halogens is 1. The summed E-state index contributed by atoms with van der Waals surface area (Å²) in [6.45, 7) is 0.0641. The lowest BCUT2D eigenvalue weighted by atomic mass is 10.0. The van der Waals surface area contributed by atoms with Crippen molar-refractivity contribution in [3.05, 3.63) is 87.5 Å². The monoisotopic (exact) mass is 461 g/mol. The quantitative estimate of drug-likeness (QED) is 0.529. The Labute approximate surface area is 194 Å². The number of fused-ring (bicyclic) bond motifs is 1. The molecule has 0 aromatic heterocycles. The Balaban J connectivity index is 1.60. The number of hydrogen-bond donors (Lipinski definition) is 1. The van der Waals surface area contributed by atoms with Crippen molar-refractivity contribution in [1.29, 1.82) is 5.26 Å². The van der Waals surface area contributed by atoms with E-state index in [0.717, 1.165) is 16.0 Å². The lowest BCUT2D eigenvalue weighted by Crippen LogP contribution is -2.29. The first-order valence-electron chi connectivity index (χ1n) is 9.75. The van der Waals surface area contributed by atoms with Crippen molar-refractivity contribution in [2.45, 2.75) is 19.4 Å². The summed E-state index contributed by atoms with van der Waals surface area (Å²) in [5, 5.41) is 12.0. The number of carbonyl (C=O) groups excluding carboxylic acids is 3. The molecule has 0 spiro atoms. The minimum Gasteiger partial charge on any atom is -0.321 e. The zero-order chi connectivity index (χ0) is 22.8. The number of benzene rings is 2. The number of anilines is 1. The van der Waals surface area contributed by atoms with Crippen molar-refractivity contribution >= 4 is 52.1 Å². The molecule has 0 radical (unpaired) electrons. The van der Waals surface area contributed by atoms with Gasteiger partial charge in [-0.2, -0.15) is 5.26 Å². The van der Waals surface area contributed by atoms with E-state index >= 15 is 0 Å². The Hall–Kier alpha value is -3.60. The summed E-state index contributed by atoms with van der Waals surface area (Å²) in [6, 6.07) is 14.0. The molecule has 0 saturated heterocycles. The minimum atomic E-state index is -0.496. The number of carbonyl (C=O) groups is 3. The van der Waals surface area contributed by atoms with Crippen LogP contribution in [0.3, 0.4) is 0 Å². The summed E-state index contributed by atoms with van der Waals surface area (Å²) >= 11 is 11.3. The van der Waals surface area contributed by atoms with Gasteiger partial charge in [-0.05, 0) is 29.3 Å². The van der Waals surface area contributed by atoms with E-state index in [1.54, 1.807) is 42.5 Å². The Morgan fingerprint density at radius 1 is 1.16 bits per heavy atom. The predicted molar refractivity (Wildman–Crippen MR) is 124 cm³/mol. The molecule has 4 rings (SSSR count). The van der Waals surface area contributed by atoms with Gasteiger partial charge < -0.3 is 5.32 Å². The highest BCUT2D eigenvalue weighted by atomic mass is 35.5. The summed E-state index contributed by atoms with van der Waals surface area (Å²) in [5.41, 5.74) is 2.40. The van der Waals surface area contributed by atoms with Crippen LogP contribution < -0.4 is 5.32 Å². The number of imide groups is 1. The van der Waals surface area contributed by atoms with E-state index in [-0.39, 0.29) is 35.4 Å². The molecule has 1 aliphatic carbocycles. The van der Waals surface area contributed by atoms with Gasteiger partial charge in [-0.3, -0.25) is 19.3 Å². The fourth-order valence-electron chi connectivity index (χ4n) is 3.65. The number of nitriles is 1. The van der Waals surface area contributed by atoms with Gasteiger partial charge in [0, 0.05) is 16.3 Å². The average molecular weight is 462 g/mol. The summed E-state index contributed by atoms with van der Waals surface area (Å²) in [4.78, 5) is 40.5. The minimum absolute atomic E-state index is 0.0641. The predicted octanol–water partition coefficient (Wildman–Crippen LogP) is 4.31.